The Bertz CT molecular complexity index is 457. The van der Waals surface area contributed by atoms with Crippen LogP contribution < -0.4 is 0 Å². The second kappa shape index (κ2) is 11.5. The number of esters is 2. The van der Waals surface area contributed by atoms with E-state index in [1.54, 1.807) is 0 Å². The van der Waals surface area contributed by atoms with Crippen molar-refractivity contribution in [3.8, 4) is 0 Å². The first-order valence-corrected chi connectivity index (χ1v) is 9.88. The molecule has 0 unspecified atom stereocenters. The van der Waals surface area contributed by atoms with Gasteiger partial charge in [-0.05, 0) is 31.6 Å². The van der Waals surface area contributed by atoms with Crippen LogP contribution in [0.1, 0.15) is 58.3 Å². The minimum atomic E-state index is -3.14. The SMILES string of the molecule is CCCCC1CCC(C(=O)OC2COC(CCOC(=O)C(F)F)OC2)CC1. The van der Waals surface area contributed by atoms with Gasteiger partial charge in [-0.1, -0.05) is 26.2 Å². The van der Waals surface area contributed by atoms with Gasteiger partial charge in [-0.25, -0.2) is 4.79 Å². The fourth-order valence-corrected chi connectivity index (χ4v) is 3.52. The maximum atomic E-state index is 12.3. The number of unbranched alkanes of at least 4 members (excludes halogenated alkanes) is 1. The van der Waals surface area contributed by atoms with Gasteiger partial charge in [0.05, 0.1) is 25.7 Å². The third-order valence-electron chi connectivity index (χ3n) is 5.14. The fourth-order valence-electron chi connectivity index (χ4n) is 3.52. The van der Waals surface area contributed by atoms with Gasteiger partial charge in [-0.3, -0.25) is 4.79 Å². The highest BCUT2D eigenvalue weighted by Gasteiger charge is 2.31. The molecule has 2 fully saturated rings. The average Bonchev–Trinajstić information content (AvgIpc) is 2.68. The molecule has 0 radical (unpaired) electrons. The van der Waals surface area contributed by atoms with Crippen molar-refractivity contribution < 1.29 is 37.3 Å². The molecule has 0 amide bonds. The van der Waals surface area contributed by atoms with Gasteiger partial charge in [0.25, 0.3) is 0 Å². The predicted molar refractivity (Wildman–Crippen MR) is 92.1 cm³/mol. The Hall–Kier alpha value is -1.28. The third-order valence-corrected chi connectivity index (χ3v) is 5.14. The van der Waals surface area contributed by atoms with Gasteiger partial charge >= 0.3 is 18.4 Å². The Morgan fingerprint density at radius 3 is 2.33 bits per heavy atom. The standard InChI is InChI=1S/C19H30F2O6/c1-2-3-4-13-5-7-14(8-6-13)18(22)27-15-11-25-16(26-12-15)9-10-24-19(23)17(20)21/h13-17H,2-12H2,1H3. The molecule has 1 heterocycles. The highest BCUT2D eigenvalue weighted by atomic mass is 19.3. The smallest absolute Gasteiger partial charge is 0.373 e. The molecule has 1 aliphatic carbocycles. The summed E-state index contributed by atoms with van der Waals surface area (Å²) in [5.74, 6) is -1.06. The molecule has 8 heteroatoms. The first-order chi connectivity index (χ1) is 13.0. The molecule has 156 valence electrons. The molecular weight excluding hydrogens is 362 g/mol. The van der Waals surface area contributed by atoms with E-state index in [1.165, 1.54) is 19.3 Å². The van der Waals surface area contributed by atoms with Crippen LogP contribution >= 0.6 is 0 Å². The minimum Gasteiger partial charge on any atom is -0.461 e. The van der Waals surface area contributed by atoms with Gasteiger partial charge in [0.1, 0.15) is 6.10 Å². The molecule has 1 saturated carbocycles. The van der Waals surface area contributed by atoms with Gasteiger partial charge in [0.15, 0.2) is 6.29 Å². The maximum absolute atomic E-state index is 12.3. The van der Waals surface area contributed by atoms with Crippen molar-refractivity contribution in [3.63, 3.8) is 0 Å². The summed E-state index contributed by atoms with van der Waals surface area (Å²) in [7, 11) is 0. The molecule has 1 aliphatic heterocycles. The van der Waals surface area contributed by atoms with Gasteiger partial charge in [-0.2, -0.15) is 8.78 Å². The quantitative estimate of drug-likeness (QED) is 0.560. The summed E-state index contributed by atoms with van der Waals surface area (Å²) in [6.07, 6.45) is 3.52. The van der Waals surface area contributed by atoms with Crippen LogP contribution in [0.5, 0.6) is 0 Å². The molecule has 0 aromatic heterocycles. The zero-order valence-corrected chi connectivity index (χ0v) is 15.9. The Morgan fingerprint density at radius 1 is 1.07 bits per heavy atom. The number of carbonyl (C=O) groups excluding carboxylic acids is 2. The molecular formula is C19H30F2O6. The van der Waals surface area contributed by atoms with Crippen LogP contribution in [0.2, 0.25) is 0 Å². The zero-order chi connectivity index (χ0) is 19.6. The lowest BCUT2D eigenvalue weighted by Crippen LogP contribution is -2.40. The molecule has 0 bridgehead atoms. The van der Waals surface area contributed by atoms with E-state index in [4.69, 9.17) is 14.2 Å². The van der Waals surface area contributed by atoms with Crippen molar-refractivity contribution in [2.24, 2.45) is 11.8 Å². The third kappa shape index (κ3) is 7.70. The molecule has 0 atom stereocenters. The molecule has 27 heavy (non-hydrogen) atoms. The number of hydrogen-bond donors (Lipinski definition) is 0. The van der Waals surface area contributed by atoms with Crippen LogP contribution in [-0.4, -0.2) is 50.6 Å². The van der Waals surface area contributed by atoms with E-state index in [0.29, 0.717) is 0 Å². The van der Waals surface area contributed by atoms with Crippen molar-refractivity contribution in [2.75, 3.05) is 19.8 Å². The Kier molecular flexibility index (Phi) is 9.41. The summed E-state index contributed by atoms with van der Waals surface area (Å²) < 4.78 is 44.7. The van der Waals surface area contributed by atoms with E-state index in [0.717, 1.165) is 31.6 Å². The topological polar surface area (TPSA) is 71.1 Å². The Morgan fingerprint density at radius 2 is 1.74 bits per heavy atom. The van der Waals surface area contributed by atoms with Crippen molar-refractivity contribution >= 4 is 11.9 Å². The summed E-state index contributed by atoms with van der Waals surface area (Å²) in [6, 6.07) is 0. The van der Waals surface area contributed by atoms with Gasteiger partial charge in [-0.15, -0.1) is 0 Å². The number of alkyl halides is 2. The summed E-state index contributed by atoms with van der Waals surface area (Å²) in [4.78, 5) is 23.0. The monoisotopic (exact) mass is 392 g/mol. The summed E-state index contributed by atoms with van der Waals surface area (Å²) in [5, 5.41) is 0. The van der Waals surface area contributed by atoms with Crippen LogP contribution in [0.4, 0.5) is 8.78 Å². The second-order valence-corrected chi connectivity index (χ2v) is 7.27. The van der Waals surface area contributed by atoms with E-state index < -0.39 is 24.8 Å². The maximum Gasteiger partial charge on any atom is 0.373 e. The van der Waals surface area contributed by atoms with E-state index >= 15 is 0 Å². The molecule has 2 aliphatic rings. The van der Waals surface area contributed by atoms with Crippen molar-refractivity contribution in [1.29, 1.82) is 0 Å². The lowest BCUT2D eigenvalue weighted by Gasteiger charge is -2.31. The Labute approximate surface area is 158 Å². The normalized spacial score (nSPS) is 28.7. The first-order valence-electron chi connectivity index (χ1n) is 9.88. The minimum absolute atomic E-state index is 0.0469. The van der Waals surface area contributed by atoms with Crippen molar-refractivity contribution in [1.82, 2.24) is 0 Å². The van der Waals surface area contributed by atoms with Crippen LogP contribution in [0, 0.1) is 11.8 Å². The molecule has 0 aromatic carbocycles. The lowest BCUT2D eigenvalue weighted by molar-refractivity contribution is -0.232. The largest absolute Gasteiger partial charge is 0.461 e. The number of rotatable bonds is 9. The highest BCUT2D eigenvalue weighted by Crippen LogP contribution is 2.32. The summed E-state index contributed by atoms with van der Waals surface area (Å²) in [5.41, 5.74) is 0. The molecule has 0 aromatic rings. The van der Waals surface area contributed by atoms with E-state index in [-0.39, 0.29) is 38.1 Å². The summed E-state index contributed by atoms with van der Waals surface area (Å²) >= 11 is 0. The van der Waals surface area contributed by atoms with Crippen molar-refractivity contribution in [2.45, 2.75) is 77.1 Å². The molecule has 6 nitrogen and oxygen atoms in total. The van der Waals surface area contributed by atoms with Gasteiger partial charge in [0, 0.05) is 6.42 Å². The lowest BCUT2D eigenvalue weighted by atomic mass is 9.80. The fraction of sp³-hybridized carbons (Fsp3) is 0.895. The van der Waals surface area contributed by atoms with Crippen molar-refractivity contribution in [3.05, 3.63) is 0 Å². The van der Waals surface area contributed by atoms with Crippen LogP contribution in [0.25, 0.3) is 0 Å². The number of hydrogen-bond acceptors (Lipinski definition) is 6. The first kappa shape index (κ1) is 22.0. The van der Waals surface area contributed by atoms with Gasteiger partial charge < -0.3 is 18.9 Å². The van der Waals surface area contributed by atoms with E-state index in [9.17, 15) is 18.4 Å². The number of halogens is 2. The molecule has 0 N–H and O–H groups in total. The summed E-state index contributed by atoms with van der Waals surface area (Å²) in [6.45, 7) is 2.35. The number of ether oxygens (including phenoxy) is 4. The average molecular weight is 392 g/mol. The zero-order valence-electron chi connectivity index (χ0n) is 15.9. The molecule has 1 saturated heterocycles. The van der Waals surface area contributed by atoms with Crippen LogP contribution in [0.15, 0.2) is 0 Å². The van der Waals surface area contributed by atoms with Gasteiger partial charge in [0.2, 0.25) is 0 Å². The van der Waals surface area contributed by atoms with E-state index in [1.807, 2.05) is 0 Å². The predicted octanol–water partition coefficient (Wildman–Crippen LogP) is 3.47. The second-order valence-electron chi connectivity index (χ2n) is 7.27. The van der Waals surface area contributed by atoms with Crippen LogP contribution in [0.3, 0.4) is 0 Å². The highest BCUT2D eigenvalue weighted by molar-refractivity contribution is 5.73. The van der Waals surface area contributed by atoms with E-state index in [2.05, 4.69) is 11.7 Å². The van der Waals surface area contributed by atoms with Crippen LogP contribution in [-0.2, 0) is 28.5 Å². The molecule has 0 spiro atoms. The number of carbonyl (C=O) groups is 2. The molecule has 2 rings (SSSR count). The Balaban J connectivity index is 1.59.